The summed E-state index contributed by atoms with van der Waals surface area (Å²) in [5.74, 6) is 0. The van der Waals surface area contributed by atoms with Gasteiger partial charge in [-0.2, -0.15) is 4.31 Å². The minimum atomic E-state index is -3.00. The Balaban J connectivity index is 2.72. The molecule has 1 aliphatic rings. The van der Waals surface area contributed by atoms with Gasteiger partial charge in [-0.05, 0) is 43.8 Å². The van der Waals surface area contributed by atoms with E-state index in [-0.39, 0.29) is 6.04 Å². The van der Waals surface area contributed by atoms with Gasteiger partial charge in [-0.3, -0.25) is 0 Å². The molecule has 0 N–H and O–H groups in total. The molecule has 1 fully saturated rings. The van der Waals surface area contributed by atoms with E-state index < -0.39 is 20.1 Å². The van der Waals surface area contributed by atoms with Gasteiger partial charge in [-0.25, -0.2) is 18.4 Å². The molecule has 1 rings (SSSR count). The topological polar surface area (TPSA) is 37.4 Å². The van der Waals surface area contributed by atoms with Crippen LogP contribution in [0.3, 0.4) is 0 Å². The molecule has 0 radical (unpaired) electrons. The van der Waals surface area contributed by atoms with E-state index in [1.807, 2.05) is 6.92 Å². The van der Waals surface area contributed by atoms with E-state index in [1.165, 1.54) is 6.26 Å². The maximum Gasteiger partial charge on any atom is 0.211 e. The van der Waals surface area contributed by atoms with Crippen LogP contribution in [0.4, 0.5) is 0 Å². The fraction of sp³-hybridized carbons (Fsp3) is 1.00. The maximum absolute atomic E-state index is 11.5. The van der Waals surface area contributed by atoms with Crippen molar-refractivity contribution in [2.45, 2.75) is 31.1 Å². The molecule has 0 amide bonds. The predicted octanol–water partition coefficient (Wildman–Crippen LogP) is 1.49. The lowest BCUT2D eigenvalue weighted by Crippen LogP contribution is -2.46. The molecule has 0 aromatic heterocycles. The van der Waals surface area contributed by atoms with E-state index in [4.69, 9.17) is 0 Å². The van der Waals surface area contributed by atoms with E-state index in [0.717, 1.165) is 12.8 Å². The molecule has 0 aromatic rings. The van der Waals surface area contributed by atoms with Gasteiger partial charge in [-0.15, -0.1) is 0 Å². The second kappa shape index (κ2) is 4.26. The van der Waals surface area contributed by atoms with Gasteiger partial charge in [-0.1, -0.05) is 0 Å². The average molecular weight is 253 g/mol. The highest BCUT2D eigenvalue weighted by atomic mass is 32.3. The average Bonchev–Trinajstić information content (AvgIpc) is 1.99. The van der Waals surface area contributed by atoms with Crippen LogP contribution < -0.4 is 0 Å². The molecule has 1 aliphatic heterocycles. The zero-order chi connectivity index (χ0) is 11.9. The van der Waals surface area contributed by atoms with Crippen LogP contribution in [0.15, 0.2) is 0 Å². The van der Waals surface area contributed by atoms with Crippen LogP contribution in [0, 0.1) is 0 Å². The number of piperidine rings is 1. The second-order valence-electron chi connectivity index (χ2n) is 5.30. The van der Waals surface area contributed by atoms with Crippen LogP contribution in [0.1, 0.15) is 19.8 Å². The van der Waals surface area contributed by atoms with E-state index in [0.29, 0.717) is 11.8 Å². The Morgan fingerprint density at radius 1 is 1.13 bits per heavy atom. The molecule has 92 valence electrons. The van der Waals surface area contributed by atoms with Gasteiger partial charge in [0.05, 0.1) is 6.26 Å². The standard InChI is InChI=1S/C10H23NO2S2/c1-9-8-10(14(2,3)4)6-7-11(9)15(5,12)13/h9-10H,6-8H2,1-5H3. The van der Waals surface area contributed by atoms with Crippen molar-refractivity contribution < 1.29 is 8.42 Å². The first-order chi connectivity index (χ1) is 6.62. The summed E-state index contributed by atoms with van der Waals surface area (Å²) < 4.78 is 24.6. The van der Waals surface area contributed by atoms with Crippen LogP contribution in [0.5, 0.6) is 0 Å². The Morgan fingerprint density at radius 3 is 2.00 bits per heavy atom. The summed E-state index contributed by atoms with van der Waals surface area (Å²) in [7, 11) is -3.55. The van der Waals surface area contributed by atoms with Crippen molar-refractivity contribution in [3.8, 4) is 0 Å². The normalized spacial score (nSPS) is 31.5. The summed E-state index contributed by atoms with van der Waals surface area (Å²) in [5, 5.41) is 0.713. The van der Waals surface area contributed by atoms with Gasteiger partial charge < -0.3 is 0 Å². The molecule has 2 unspecified atom stereocenters. The van der Waals surface area contributed by atoms with Crippen molar-refractivity contribution in [3.63, 3.8) is 0 Å². The van der Waals surface area contributed by atoms with Gasteiger partial charge >= 0.3 is 0 Å². The highest BCUT2D eigenvalue weighted by Crippen LogP contribution is 2.47. The molecule has 0 aromatic carbocycles. The monoisotopic (exact) mass is 253 g/mol. The maximum atomic E-state index is 11.5. The molecular formula is C10H23NO2S2. The predicted molar refractivity (Wildman–Crippen MR) is 69.4 cm³/mol. The molecule has 1 saturated heterocycles. The zero-order valence-corrected chi connectivity index (χ0v) is 12.0. The van der Waals surface area contributed by atoms with Crippen LogP contribution >= 0.6 is 10.0 Å². The molecule has 2 atom stereocenters. The first kappa shape index (κ1) is 13.3. The minimum absolute atomic E-state index is 0.172. The van der Waals surface area contributed by atoms with Crippen molar-refractivity contribution in [1.82, 2.24) is 4.31 Å². The first-order valence-electron chi connectivity index (χ1n) is 5.26. The fourth-order valence-corrected chi connectivity index (χ4v) is 5.09. The lowest BCUT2D eigenvalue weighted by atomic mass is 10.1. The number of hydrogen-bond acceptors (Lipinski definition) is 2. The second-order valence-corrected chi connectivity index (χ2v) is 11.8. The summed E-state index contributed by atoms with van der Waals surface area (Å²) >= 11 is 0. The molecular weight excluding hydrogens is 230 g/mol. The number of hydrogen-bond donors (Lipinski definition) is 0. The van der Waals surface area contributed by atoms with Crippen LogP contribution in [0.25, 0.3) is 0 Å². The third kappa shape index (κ3) is 3.36. The van der Waals surface area contributed by atoms with Crippen LogP contribution in [-0.2, 0) is 10.0 Å². The van der Waals surface area contributed by atoms with Crippen LogP contribution in [-0.4, -0.2) is 55.6 Å². The molecule has 0 bridgehead atoms. The largest absolute Gasteiger partial charge is 0.247 e. The number of nitrogens with zero attached hydrogens (tertiary/aromatic N) is 1. The fourth-order valence-electron chi connectivity index (χ4n) is 2.24. The Hall–Kier alpha value is 0.260. The highest BCUT2D eigenvalue weighted by molar-refractivity contribution is 8.32. The molecule has 0 aliphatic carbocycles. The minimum Gasteiger partial charge on any atom is -0.247 e. The molecule has 15 heavy (non-hydrogen) atoms. The summed E-state index contributed by atoms with van der Waals surface area (Å²) in [6.07, 6.45) is 10.3. The lowest BCUT2D eigenvalue weighted by molar-refractivity contribution is 0.274. The Kier molecular flexibility index (Phi) is 3.78. The van der Waals surface area contributed by atoms with Gasteiger partial charge in [0.25, 0.3) is 0 Å². The lowest BCUT2D eigenvalue weighted by Gasteiger charge is -2.44. The van der Waals surface area contributed by atoms with Crippen LogP contribution in [0.2, 0.25) is 0 Å². The number of sulfonamides is 1. The third-order valence-electron chi connectivity index (χ3n) is 3.19. The quantitative estimate of drug-likeness (QED) is 0.748. The third-order valence-corrected chi connectivity index (χ3v) is 7.02. The van der Waals surface area contributed by atoms with Gasteiger partial charge in [0.15, 0.2) is 0 Å². The van der Waals surface area contributed by atoms with Crippen molar-refractivity contribution in [2.75, 3.05) is 31.6 Å². The van der Waals surface area contributed by atoms with Gasteiger partial charge in [0, 0.05) is 12.6 Å². The molecule has 5 heteroatoms. The van der Waals surface area contributed by atoms with Crippen molar-refractivity contribution in [2.24, 2.45) is 0 Å². The van der Waals surface area contributed by atoms with E-state index in [9.17, 15) is 8.42 Å². The SMILES string of the molecule is CC1CC(S(C)(C)C)CCN1S(C)(=O)=O. The van der Waals surface area contributed by atoms with Crippen molar-refractivity contribution in [1.29, 1.82) is 0 Å². The summed E-state index contributed by atoms with van der Waals surface area (Å²) in [5.41, 5.74) is 0. The van der Waals surface area contributed by atoms with Crippen molar-refractivity contribution in [3.05, 3.63) is 0 Å². The molecule has 0 saturated carbocycles. The summed E-state index contributed by atoms with van der Waals surface area (Å²) in [4.78, 5) is 0. The smallest absolute Gasteiger partial charge is 0.211 e. The Morgan fingerprint density at radius 2 is 1.67 bits per heavy atom. The highest BCUT2D eigenvalue weighted by Gasteiger charge is 2.34. The molecule has 1 heterocycles. The Labute approximate surface area is 95.6 Å². The molecule has 3 nitrogen and oxygen atoms in total. The van der Waals surface area contributed by atoms with Crippen molar-refractivity contribution >= 4 is 20.1 Å². The Bertz CT molecular complexity index is 319. The zero-order valence-electron chi connectivity index (χ0n) is 10.4. The van der Waals surface area contributed by atoms with Gasteiger partial charge in [0.1, 0.15) is 0 Å². The van der Waals surface area contributed by atoms with E-state index >= 15 is 0 Å². The summed E-state index contributed by atoms with van der Waals surface area (Å²) in [6.45, 7) is 2.73. The first-order valence-corrected chi connectivity index (χ1v) is 10.0. The van der Waals surface area contributed by atoms with Gasteiger partial charge in [0.2, 0.25) is 10.0 Å². The summed E-state index contributed by atoms with van der Waals surface area (Å²) in [6, 6.07) is 0.172. The van der Waals surface area contributed by atoms with E-state index in [1.54, 1.807) is 4.31 Å². The molecule has 0 spiro atoms. The number of rotatable bonds is 2. The van der Waals surface area contributed by atoms with E-state index in [2.05, 4.69) is 18.8 Å².